The zero-order valence-electron chi connectivity index (χ0n) is 16.3. The van der Waals surface area contributed by atoms with Crippen LogP contribution >= 0.6 is 11.6 Å². The normalized spacial score (nSPS) is 13.2. The van der Waals surface area contributed by atoms with E-state index in [1.807, 2.05) is 60.7 Å². The van der Waals surface area contributed by atoms with Crippen molar-refractivity contribution in [2.45, 2.75) is 19.5 Å². The Morgan fingerprint density at radius 3 is 2.53 bits per heavy atom. The fourth-order valence-electron chi connectivity index (χ4n) is 3.39. The predicted octanol–water partition coefficient (Wildman–Crippen LogP) is 4.44. The van der Waals surface area contributed by atoms with E-state index in [1.165, 1.54) is 0 Å². The number of benzene rings is 3. The Hall–Kier alpha value is -3.31. The van der Waals surface area contributed by atoms with Gasteiger partial charge in [0, 0.05) is 29.4 Å². The number of hydrogen-bond donors (Lipinski definition) is 1. The zero-order chi connectivity index (χ0) is 20.9. The van der Waals surface area contributed by atoms with Gasteiger partial charge in [-0.25, -0.2) is 0 Å². The minimum atomic E-state index is -0.0928. The number of fused-ring (bicyclic) bond motifs is 1. The van der Waals surface area contributed by atoms with E-state index in [2.05, 4.69) is 5.32 Å². The highest BCUT2D eigenvalue weighted by Crippen LogP contribution is 2.28. The van der Waals surface area contributed by atoms with Gasteiger partial charge in [0.1, 0.15) is 5.75 Å². The summed E-state index contributed by atoms with van der Waals surface area (Å²) in [6, 6.07) is 22.5. The Kier molecular flexibility index (Phi) is 6.00. The van der Waals surface area contributed by atoms with Gasteiger partial charge >= 0.3 is 0 Å². The van der Waals surface area contributed by atoms with Gasteiger partial charge in [-0.2, -0.15) is 0 Å². The lowest BCUT2D eigenvalue weighted by Gasteiger charge is -2.20. The second-order valence-corrected chi connectivity index (χ2v) is 7.63. The summed E-state index contributed by atoms with van der Waals surface area (Å²) >= 11 is 5.95. The number of anilines is 1. The van der Waals surface area contributed by atoms with Crippen molar-refractivity contribution in [1.29, 1.82) is 0 Å². The molecule has 1 heterocycles. The van der Waals surface area contributed by atoms with Gasteiger partial charge in [-0.3, -0.25) is 9.59 Å². The van der Waals surface area contributed by atoms with Crippen molar-refractivity contribution in [2.75, 3.05) is 11.9 Å². The van der Waals surface area contributed by atoms with Crippen LogP contribution in [-0.4, -0.2) is 23.3 Å². The van der Waals surface area contributed by atoms with Crippen LogP contribution in [-0.2, 0) is 29.1 Å². The number of halogens is 1. The molecule has 1 aliphatic rings. The molecule has 152 valence electrons. The van der Waals surface area contributed by atoms with Gasteiger partial charge in [-0.15, -0.1) is 0 Å². The molecule has 0 fully saturated rings. The topological polar surface area (TPSA) is 58.6 Å². The maximum atomic E-state index is 12.5. The molecule has 0 unspecified atom stereocenters. The highest BCUT2D eigenvalue weighted by atomic mass is 35.5. The fourth-order valence-corrected chi connectivity index (χ4v) is 3.51. The van der Waals surface area contributed by atoms with Crippen LogP contribution in [0, 0.1) is 0 Å². The Bertz CT molecular complexity index is 1050. The van der Waals surface area contributed by atoms with E-state index in [-0.39, 0.29) is 18.4 Å². The van der Waals surface area contributed by atoms with Crippen LogP contribution in [0.4, 0.5) is 5.69 Å². The second-order valence-electron chi connectivity index (χ2n) is 7.20. The number of nitrogens with zero attached hydrogens (tertiary/aromatic N) is 1. The molecule has 0 bridgehead atoms. The third kappa shape index (κ3) is 4.99. The van der Waals surface area contributed by atoms with Gasteiger partial charge in [0.05, 0.1) is 6.42 Å². The van der Waals surface area contributed by atoms with Crippen molar-refractivity contribution in [3.05, 3.63) is 94.5 Å². The van der Waals surface area contributed by atoms with E-state index in [0.717, 1.165) is 16.7 Å². The standard InChI is InChI=1S/C24H21ClN2O3/c25-20-8-6-18(7-9-20)14-27-15-19-13-21(10-11-22(19)30-16-24(27)29)26-23(28)12-17-4-2-1-3-5-17/h1-11,13H,12,14-16H2,(H,26,28). The molecule has 0 atom stereocenters. The summed E-state index contributed by atoms with van der Waals surface area (Å²) in [5.74, 6) is 0.476. The molecule has 6 heteroatoms. The predicted molar refractivity (Wildman–Crippen MR) is 116 cm³/mol. The van der Waals surface area contributed by atoms with Crippen LogP contribution in [0.15, 0.2) is 72.8 Å². The number of rotatable bonds is 5. The summed E-state index contributed by atoms with van der Waals surface area (Å²) in [4.78, 5) is 26.7. The van der Waals surface area contributed by atoms with E-state index in [1.54, 1.807) is 17.0 Å². The van der Waals surface area contributed by atoms with Crippen LogP contribution in [0.25, 0.3) is 0 Å². The van der Waals surface area contributed by atoms with Crippen molar-refractivity contribution in [1.82, 2.24) is 4.90 Å². The molecule has 0 saturated carbocycles. The third-order valence-corrected chi connectivity index (χ3v) is 5.16. The lowest BCUT2D eigenvalue weighted by atomic mass is 10.1. The minimum Gasteiger partial charge on any atom is -0.483 e. The first kappa shape index (κ1) is 20.0. The Morgan fingerprint density at radius 1 is 1.00 bits per heavy atom. The summed E-state index contributed by atoms with van der Waals surface area (Å²) < 4.78 is 5.68. The van der Waals surface area contributed by atoms with Gasteiger partial charge in [-0.1, -0.05) is 54.1 Å². The summed E-state index contributed by atoms with van der Waals surface area (Å²) in [5, 5.41) is 3.59. The summed E-state index contributed by atoms with van der Waals surface area (Å²) in [6.45, 7) is 0.850. The molecule has 0 saturated heterocycles. The van der Waals surface area contributed by atoms with Crippen molar-refractivity contribution < 1.29 is 14.3 Å². The average molecular weight is 421 g/mol. The number of carbonyl (C=O) groups excluding carboxylic acids is 2. The summed E-state index contributed by atoms with van der Waals surface area (Å²) in [6.07, 6.45) is 0.301. The van der Waals surface area contributed by atoms with Crippen LogP contribution in [0.5, 0.6) is 5.75 Å². The molecule has 4 rings (SSSR count). The van der Waals surface area contributed by atoms with Crippen LogP contribution in [0.1, 0.15) is 16.7 Å². The quantitative estimate of drug-likeness (QED) is 0.663. The molecule has 0 radical (unpaired) electrons. The zero-order valence-corrected chi connectivity index (χ0v) is 17.1. The summed E-state index contributed by atoms with van der Waals surface area (Å²) in [5.41, 5.74) is 3.47. The highest BCUT2D eigenvalue weighted by molar-refractivity contribution is 6.30. The van der Waals surface area contributed by atoms with E-state index in [0.29, 0.717) is 36.0 Å². The molecule has 1 N–H and O–H groups in total. The van der Waals surface area contributed by atoms with E-state index >= 15 is 0 Å². The SMILES string of the molecule is O=C(Cc1ccccc1)Nc1ccc2c(c1)CN(Cc1ccc(Cl)cc1)C(=O)CO2. The molecule has 5 nitrogen and oxygen atoms in total. The first-order valence-corrected chi connectivity index (χ1v) is 10.1. The largest absolute Gasteiger partial charge is 0.483 e. The smallest absolute Gasteiger partial charge is 0.261 e. The summed E-state index contributed by atoms with van der Waals surface area (Å²) in [7, 11) is 0. The monoisotopic (exact) mass is 420 g/mol. The lowest BCUT2D eigenvalue weighted by molar-refractivity contribution is -0.133. The molecular weight excluding hydrogens is 400 g/mol. The average Bonchev–Trinajstić information content (AvgIpc) is 2.89. The number of carbonyl (C=O) groups is 2. The Labute approximate surface area is 180 Å². The third-order valence-electron chi connectivity index (χ3n) is 4.90. The molecule has 3 aromatic rings. The number of nitrogens with one attached hydrogen (secondary N) is 1. The first-order chi connectivity index (χ1) is 14.6. The minimum absolute atomic E-state index is 0.0136. The van der Waals surface area contributed by atoms with Gasteiger partial charge in [0.2, 0.25) is 5.91 Å². The van der Waals surface area contributed by atoms with Crippen LogP contribution < -0.4 is 10.1 Å². The van der Waals surface area contributed by atoms with Crippen LogP contribution in [0.2, 0.25) is 5.02 Å². The molecule has 0 aliphatic carbocycles. The maximum Gasteiger partial charge on any atom is 0.261 e. The molecule has 2 amide bonds. The molecule has 0 aromatic heterocycles. The van der Waals surface area contributed by atoms with Gasteiger partial charge in [0.15, 0.2) is 6.61 Å². The van der Waals surface area contributed by atoms with Gasteiger partial charge in [0.25, 0.3) is 5.91 Å². The number of hydrogen-bond acceptors (Lipinski definition) is 3. The Balaban J connectivity index is 1.47. The van der Waals surface area contributed by atoms with Crippen molar-refractivity contribution in [3.8, 4) is 5.75 Å². The van der Waals surface area contributed by atoms with Crippen LogP contribution in [0.3, 0.4) is 0 Å². The van der Waals surface area contributed by atoms with E-state index in [9.17, 15) is 9.59 Å². The van der Waals surface area contributed by atoms with Crippen molar-refractivity contribution in [3.63, 3.8) is 0 Å². The van der Waals surface area contributed by atoms with Gasteiger partial charge < -0.3 is 15.0 Å². The molecule has 3 aromatic carbocycles. The van der Waals surface area contributed by atoms with Gasteiger partial charge in [-0.05, 0) is 41.5 Å². The second kappa shape index (κ2) is 9.01. The lowest BCUT2D eigenvalue weighted by Crippen LogP contribution is -2.31. The maximum absolute atomic E-state index is 12.5. The molecule has 30 heavy (non-hydrogen) atoms. The van der Waals surface area contributed by atoms with Crippen molar-refractivity contribution in [2.24, 2.45) is 0 Å². The fraction of sp³-hybridized carbons (Fsp3) is 0.167. The Morgan fingerprint density at radius 2 is 1.77 bits per heavy atom. The molecule has 1 aliphatic heterocycles. The first-order valence-electron chi connectivity index (χ1n) is 9.68. The van der Waals surface area contributed by atoms with E-state index in [4.69, 9.17) is 16.3 Å². The van der Waals surface area contributed by atoms with E-state index < -0.39 is 0 Å². The highest BCUT2D eigenvalue weighted by Gasteiger charge is 2.22. The molecular formula is C24H21ClN2O3. The molecule has 0 spiro atoms. The number of ether oxygens (including phenoxy) is 1. The van der Waals surface area contributed by atoms with Crippen molar-refractivity contribution >= 4 is 29.1 Å². The number of amides is 2.